The number of carbonyl (C=O) groups excluding carboxylic acids is 1. The molecule has 0 aliphatic heterocycles. The van der Waals surface area contributed by atoms with Crippen molar-refractivity contribution in [2.45, 2.75) is 77.6 Å². The van der Waals surface area contributed by atoms with Crippen LogP contribution in [0, 0.1) is 6.92 Å². The average Bonchev–Trinajstić information content (AvgIpc) is 2.55. The Kier molecular flexibility index (Phi) is 10.1. The Morgan fingerprint density at radius 3 is 2.13 bits per heavy atom. The van der Waals surface area contributed by atoms with E-state index in [0.717, 1.165) is 37.1 Å². The van der Waals surface area contributed by atoms with Crippen molar-refractivity contribution < 1.29 is 14.6 Å². The molecule has 1 heterocycles. The third-order valence-corrected chi connectivity index (χ3v) is 4.16. The Morgan fingerprint density at radius 1 is 1.00 bits per heavy atom. The topological polar surface area (TPSA) is 59.4 Å². The van der Waals surface area contributed by atoms with E-state index in [4.69, 9.17) is 0 Å². The Bertz CT molecular complexity index is 460. The monoisotopic (exact) mass is 321 g/mol. The fourth-order valence-corrected chi connectivity index (χ4v) is 2.66. The fraction of sp³-hybridized carbons (Fsp3) is 0.684. The van der Waals surface area contributed by atoms with E-state index in [-0.39, 0.29) is 11.7 Å². The van der Waals surface area contributed by atoms with E-state index < -0.39 is 0 Å². The Balaban J connectivity index is 1.90. The minimum atomic E-state index is -0.0942. The van der Waals surface area contributed by atoms with Gasteiger partial charge < -0.3 is 9.84 Å². The van der Waals surface area contributed by atoms with Crippen molar-refractivity contribution in [2.75, 3.05) is 7.11 Å². The molecule has 0 radical (unpaired) electrons. The normalized spacial score (nSPS) is 10.7. The van der Waals surface area contributed by atoms with E-state index in [1.807, 2.05) is 13.0 Å². The predicted octanol–water partition coefficient (Wildman–Crippen LogP) is 4.71. The number of pyridine rings is 1. The van der Waals surface area contributed by atoms with Crippen LogP contribution in [0.2, 0.25) is 0 Å². The molecule has 0 aliphatic rings. The van der Waals surface area contributed by atoms with Gasteiger partial charge in [0.15, 0.2) is 0 Å². The molecular formula is C19H31NO3. The second-order valence-electron chi connectivity index (χ2n) is 6.17. The van der Waals surface area contributed by atoms with Gasteiger partial charge in [0, 0.05) is 12.1 Å². The number of ether oxygens (including phenoxy) is 1. The number of hydrogen-bond acceptors (Lipinski definition) is 4. The number of hydrogen-bond donors (Lipinski definition) is 1. The Hall–Kier alpha value is -1.58. The van der Waals surface area contributed by atoms with Crippen molar-refractivity contribution in [1.82, 2.24) is 4.98 Å². The summed E-state index contributed by atoms with van der Waals surface area (Å²) in [5.41, 5.74) is 1.79. The molecule has 4 heteroatoms. The molecule has 4 nitrogen and oxygen atoms in total. The van der Waals surface area contributed by atoms with Gasteiger partial charge in [-0.1, -0.05) is 44.9 Å². The van der Waals surface area contributed by atoms with Crippen LogP contribution in [0.15, 0.2) is 12.1 Å². The van der Waals surface area contributed by atoms with Crippen molar-refractivity contribution in [3.63, 3.8) is 0 Å². The zero-order chi connectivity index (χ0) is 16.9. The maximum Gasteiger partial charge on any atom is 0.305 e. The van der Waals surface area contributed by atoms with Gasteiger partial charge in [0.05, 0.1) is 12.8 Å². The molecule has 130 valence electrons. The number of aromatic hydroxyl groups is 1. The number of nitrogens with zero attached hydrogens (tertiary/aromatic N) is 1. The summed E-state index contributed by atoms with van der Waals surface area (Å²) in [7, 11) is 1.45. The fourth-order valence-electron chi connectivity index (χ4n) is 2.66. The van der Waals surface area contributed by atoms with Gasteiger partial charge in [0.1, 0.15) is 5.75 Å². The van der Waals surface area contributed by atoms with Crippen molar-refractivity contribution in [3.05, 3.63) is 23.5 Å². The molecule has 0 amide bonds. The molecule has 23 heavy (non-hydrogen) atoms. The van der Waals surface area contributed by atoms with E-state index in [2.05, 4.69) is 9.72 Å². The molecule has 0 unspecified atom stereocenters. The molecule has 1 aromatic heterocycles. The highest BCUT2D eigenvalue weighted by molar-refractivity contribution is 5.68. The molecule has 0 saturated carbocycles. The zero-order valence-electron chi connectivity index (χ0n) is 14.6. The van der Waals surface area contributed by atoms with Gasteiger partial charge >= 0.3 is 5.97 Å². The zero-order valence-corrected chi connectivity index (χ0v) is 14.6. The van der Waals surface area contributed by atoms with Crippen LogP contribution >= 0.6 is 0 Å². The summed E-state index contributed by atoms with van der Waals surface area (Å²) in [6, 6.07) is 3.65. The minimum absolute atomic E-state index is 0.0942. The molecule has 1 N–H and O–H groups in total. The standard InChI is InChI=1S/C19H31NO3/c1-16-18(21)15-14-17(20-16)12-10-8-6-4-3-5-7-9-11-13-19(22)23-2/h14-15,21H,3-13H2,1-2H3. The molecule has 0 fully saturated rings. The summed E-state index contributed by atoms with van der Waals surface area (Å²) in [4.78, 5) is 15.3. The lowest BCUT2D eigenvalue weighted by molar-refractivity contribution is -0.140. The van der Waals surface area contributed by atoms with Crippen LogP contribution in [-0.2, 0) is 16.0 Å². The van der Waals surface area contributed by atoms with Crippen molar-refractivity contribution >= 4 is 5.97 Å². The molecule has 0 spiro atoms. The van der Waals surface area contributed by atoms with Crippen LogP contribution in [0.3, 0.4) is 0 Å². The molecule has 1 aromatic rings. The van der Waals surface area contributed by atoms with Crippen molar-refractivity contribution in [2.24, 2.45) is 0 Å². The molecule has 0 aliphatic carbocycles. The van der Waals surface area contributed by atoms with Crippen LogP contribution < -0.4 is 0 Å². The van der Waals surface area contributed by atoms with Gasteiger partial charge in [-0.25, -0.2) is 0 Å². The third-order valence-electron chi connectivity index (χ3n) is 4.16. The average molecular weight is 321 g/mol. The van der Waals surface area contributed by atoms with Crippen LogP contribution in [0.4, 0.5) is 0 Å². The van der Waals surface area contributed by atoms with Gasteiger partial charge in [-0.2, -0.15) is 0 Å². The van der Waals surface area contributed by atoms with E-state index in [9.17, 15) is 9.90 Å². The van der Waals surface area contributed by atoms with E-state index in [1.54, 1.807) is 6.07 Å². The van der Waals surface area contributed by atoms with Gasteiger partial charge in [-0.15, -0.1) is 0 Å². The van der Waals surface area contributed by atoms with Crippen LogP contribution in [0.1, 0.15) is 75.6 Å². The molecule has 1 rings (SSSR count). The first kappa shape index (κ1) is 19.5. The Labute approximate surface area is 140 Å². The number of aryl methyl sites for hydroxylation is 2. The maximum atomic E-state index is 10.9. The summed E-state index contributed by atoms with van der Waals surface area (Å²) in [5.74, 6) is 0.184. The summed E-state index contributed by atoms with van der Waals surface area (Å²) in [6.45, 7) is 1.84. The highest BCUT2D eigenvalue weighted by Crippen LogP contribution is 2.15. The van der Waals surface area contributed by atoms with Gasteiger partial charge in [0.25, 0.3) is 0 Å². The summed E-state index contributed by atoms with van der Waals surface area (Å²) < 4.78 is 4.62. The van der Waals surface area contributed by atoms with Gasteiger partial charge in [-0.05, 0) is 38.3 Å². The van der Waals surface area contributed by atoms with E-state index in [1.165, 1.54) is 45.6 Å². The first-order chi connectivity index (χ1) is 11.1. The van der Waals surface area contributed by atoms with Crippen LogP contribution in [-0.4, -0.2) is 23.2 Å². The van der Waals surface area contributed by atoms with Gasteiger partial charge in [-0.3, -0.25) is 9.78 Å². The number of carbonyl (C=O) groups is 1. The van der Waals surface area contributed by atoms with E-state index >= 15 is 0 Å². The number of unbranched alkanes of at least 4 members (excludes halogenated alkanes) is 8. The molecule has 0 aromatic carbocycles. The second kappa shape index (κ2) is 11.9. The van der Waals surface area contributed by atoms with E-state index in [0.29, 0.717) is 6.42 Å². The molecule has 0 atom stereocenters. The van der Waals surface area contributed by atoms with Crippen LogP contribution in [0.5, 0.6) is 5.75 Å². The smallest absolute Gasteiger partial charge is 0.305 e. The third kappa shape index (κ3) is 9.22. The highest BCUT2D eigenvalue weighted by atomic mass is 16.5. The highest BCUT2D eigenvalue weighted by Gasteiger charge is 2.01. The SMILES string of the molecule is COC(=O)CCCCCCCCCCCc1ccc(O)c(C)n1. The van der Waals surface area contributed by atoms with Gasteiger partial charge in [0.2, 0.25) is 0 Å². The number of esters is 1. The Morgan fingerprint density at radius 2 is 1.57 bits per heavy atom. The lowest BCUT2D eigenvalue weighted by Crippen LogP contribution is -1.99. The summed E-state index contributed by atoms with van der Waals surface area (Å²) in [6.07, 6.45) is 12.4. The minimum Gasteiger partial charge on any atom is -0.506 e. The molecule has 0 bridgehead atoms. The molecular weight excluding hydrogens is 290 g/mol. The first-order valence-corrected chi connectivity index (χ1v) is 8.86. The number of aromatic nitrogens is 1. The predicted molar refractivity (Wildman–Crippen MR) is 92.5 cm³/mol. The first-order valence-electron chi connectivity index (χ1n) is 8.86. The lowest BCUT2D eigenvalue weighted by Gasteiger charge is -2.04. The molecule has 0 saturated heterocycles. The second-order valence-corrected chi connectivity index (χ2v) is 6.17. The summed E-state index contributed by atoms with van der Waals surface area (Å²) in [5, 5.41) is 9.44. The van der Waals surface area contributed by atoms with Crippen molar-refractivity contribution in [3.8, 4) is 5.75 Å². The van der Waals surface area contributed by atoms with Crippen molar-refractivity contribution in [1.29, 1.82) is 0 Å². The quantitative estimate of drug-likeness (QED) is 0.447. The lowest BCUT2D eigenvalue weighted by atomic mass is 10.0. The van der Waals surface area contributed by atoms with Crippen LogP contribution in [0.25, 0.3) is 0 Å². The number of rotatable bonds is 12. The number of methoxy groups -OCH3 is 1. The summed E-state index contributed by atoms with van der Waals surface area (Å²) >= 11 is 0. The largest absolute Gasteiger partial charge is 0.506 e. The maximum absolute atomic E-state index is 10.9.